The van der Waals surface area contributed by atoms with Gasteiger partial charge in [0.15, 0.2) is 5.13 Å². The molecule has 0 aliphatic carbocycles. The van der Waals surface area contributed by atoms with Gasteiger partial charge < -0.3 is 10.4 Å². The number of benzene rings is 1. The molecule has 3 N–H and O–H groups in total. The minimum Gasteiger partial charge on any atom is -0.384 e. The Hall–Kier alpha value is -2.03. The molecule has 0 unspecified atom stereocenters. The number of amides is 2. The van der Waals surface area contributed by atoms with Crippen LogP contribution in [0.1, 0.15) is 26.5 Å². The summed E-state index contributed by atoms with van der Waals surface area (Å²) in [6, 6.07) is 7.43. The molecule has 3 aromatic rings. The molecule has 0 saturated carbocycles. The van der Waals surface area contributed by atoms with E-state index in [1.807, 2.05) is 31.2 Å². The minimum atomic E-state index is -0.975. The normalized spacial score (nSPS) is 11.6. The topological polar surface area (TPSA) is 87.1 Å². The van der Waals surface area contributed by atoms with E-state index < -0.39 is 5.60 Å². The molecule has 26 heavy (non-hydrogen) atoms. The largest absolute Gasteiger partial charge is 0.384 e. The van der Waals surface area contributed by atoms with Gasteiger partial charge in [0.05, 0.1) is 15.9 Å². The molecule has 0 atom stereocenters. The zero-order valence-electron chi connectivity index (χ0n) is 14.6. The molecule has 0 fully saturated rings. The number of fused-ring (bicyclic) bond motifs is 1. The number of anilines is 1. The Bertz CT molecular complexity index is 948. The number of pyridine rings is 1. The van der Waals surface area contributed by atoms with E-state index in [1.54, 1.807) is 20.0 Å². The fourth-order valence-electron chi connectivity index (χ4n) is 2.44. The second kappa shape index (κ2) is 7.30. The zero-order valence-corrected chi connectivity index (χ0v) is 17.0. The highest BCUT2D eigenvalue weighted by Gasteiger charge is 2.18. The Morgan fingerprint density at radius 3 is 2.69 bits per heavy atom. The van der Waals surface area contributed by atoms with Gasteiger partial charge >= 0.3 is 6.03 Å². The highest BCUT2D eigenvalue weighted by atomic mass is 79.9. The standard InChI is InChI=1S/C18H19BrN4O2S/c1-4-20-16(24)23-17-22-13-8-11(7-12(19)15(13)26-17)10-5-6-14(21-9-10)18(2,3)25/h5-9,25H,4H2,1-3H3,(H2,20,22,23,24). The molecule has 1 aromatic carbocycles. The first-order chi connectivity index (χ1) is 12.3. The van der Waals surface area contributed by atoms with E-state index >= 15 is 0 Å². The van der Waals surface area contributed by atoms with Crippen LogP contribution < -0.4 is 10.6 Å². The summed E-state index contributed by atoms with van der Waals surface area (Å²) in [6.45, 7) is 5.82. The summed E-state index contributed by atoms with van der Waals surface area (Å²) < 4.78 is 1.86. The fraction of sp³-hybridized carbons (Fsp3) is 0.278. The maximum Gasteiger partial charge on any atom is 0.321 e. The minimum absolute atomic E-state index is 0.269. The fourth-order valence-corrected chi connectivity index (χ4v) is 3.98. The molecule has 6 nitrogen and oxygen atoms in total. The van der Waals surface area contributed by atoms with Gasteiger partial charge in [0.2, 0.25) is 0 Å². The van der Waals surface area contributed by atoms with Crippen molar-refractivity contribution in [3.63, 3.8) is 0 Å². The van der Waals surface area contributed by atoms with E-state index in [2.05, 4.69) is 36.5 Å². The number of nitrogens with zero attached hydrogens (tertiary/aromatic N) is 2. The Labute approximate surface area is 163 Å². The summed E-state index contributed by atoms with van der Waals surface area (Å²) in [7, 11) is 0. The molecule has 0 saturated heterocycles. The van der Waals surface area contributed by atoms with Crippen molar-refractivity contribution >= 4 is 48.6 Å². The monoisotopic (exact) mass is 434 g/mol. The Morgan fingerprint density at radius 1 is 1.31 bits per heavy atom. The molecule has 0 spiro atoms. The Kier molecular flexibility index (Phi) is 5.27. The van der Waals surface area contributed by atoms with Crippen molar-refractivity contribution in [1.82, 2.24) is 15.3 Å². The lowest BCUT2D eigenvalue weighted by atomic mass is 10.0. The first-order valence-electron chi connectivity index (χ1n) is 8.12. The molecule has 0 aliphatic heterocycles. The first-order valence-corrected chi connectivity index (χ1v) is 9.73. The van der Waals surface area contributed by atoms with Crippen molar-refractivity contribution < 1.29 is 9.90 Å². The van der Waals surface area contributed by atoms with E-state index in [0.29, 0.717) is 17.4 Å². The number of thiazole rings is 1. The summed E-state index contributed by atoms with van der Waals surface area (Å²) in [4.78, 5) is 20.5. The predicted octanol–water partition coefficient (Wildman–Crippen LogP) is 4.49. The molecule has 0 aliphatic rings. The van der Waals surface area contributed by atoms with Crippen LogP contribution in [0.3, 0.4) is 0 Å². The van der Waals surface area contributed by atoms with Crippen LogP contribution in [0.25, 0.3) is 21.3 Å². The number of rotatable bonds is 4. The van der Waals surface area contributed by atoms with E-state index in [4.69, 9.17) is 0 Å². The van der Waals surface area contributed by atoms with Gasteiger partial charge in [-0.25, -0.2) is 9.78 Å². The third kappa shape index (κ3) is 4.03. The van der Waals surface area contributed by atoms with E-state index in [1.165, 1.54) is 11.3 Å². The number of halogens is 1. The van der Waals surface area contributed by atoms with Crippen molar-refractivity contribution in [1.29, 1.82) is 0 Å². The van der Waals surface area contributed by atoms with Crippen LogP contribution in [0.5, 0.6) is 0 Å². The second-order valence-corrected chi connectivity index (χ2v) is 8.15. The molecule has 0 radical (unpaired) electrons. The number of hydrogen-bond acceptors (Lipinski definition) is 5. The number of aliphatic hydroxyl groups is 1. The summed E-state index contributed by atoms with van der Waals surface area (Å²) in [5.74, 6) is 0. The highest BCUT2D eigenvalue weighted by molar-refractivity contribution is 9.10. The average molecular weight is 435 g/mol. The molecule has 2 heterocycles. The van der Waals surface area contributed by atoms with E-state index in [0.717, 1.165) is 25.8 Å². The number of carbonyl (C=O) groups is 1. The van der Waals surface area contributed by atoms with E-state index in [9.17, 15) is 9.90 Å². The molecule has 0 bridgehead atoms. The lowest BCUT2D eigenvalue weighted by Gasteiger charge is -2.16. The maximum atomic E-state index is 11.7. The third-order valence-electron chi connectivity index (χ3n) is 3.73. The van der Waals surface area contributed by atoms with Gasteiger partial charge in [0.1, 0.15) is 5.60 Å². The van der Waals surface area contributed by atoms with Crippen LogP contribution in [0.15, 0.2) is 34.9 Å². The van der Waals surface area contributed by atoms with Crippen LogP contribution in [0.2, 0.25) is 0 Å². The quantitative estimate of drug-likeness (QED) is 0.564. The molecular weight excluding hydrogens is 416 g/mol. The van der Waals surface area contributed by atoms with Gasteiger partial charge in [-0.05, 0) is 60.5 Å². The van der Waals surface area contributed by atoms with Crippen LogP contribution >= 0.6 is 27.3 Å². The van der Waals surface area contributed by atoms with Crippen molar-refractivity contribution in [2.45, 2.75) is 26.4 Å². The van der Waals surface area contributed by atoms with Gasteiger partial charge in [-0.15, -0.1) is 0 Å². The van der Waals surface area contributed by atoms with Crippen molar-refractivity contribution in [3.8, 4) is 11.1 Å². The van der Waals surface area contributed by atoms with Gasteiger partial charge in [0, 0.05) is 22.8 Å². The second-order valence-electron chi connectivity index (χ2n) is 6.30. The molecule has 2 aromatic heterocycles. The van der Waals surface area contributed by atoms with Crippen molar-refractivity contribution in [2.75, 3.05) is 11.9 Å². The molecule has 3 rings (SSSR count). The number of carbonyl (C=O) groups excluding carboxylic acids is 1. The number of nitrogens with one attached hydrogen (secondary N) is 2. The van der Waals surface area contributed by atoms with Crippen molar-refractivity contribution in [2.24, 2.45) is 0 Å². The Balaban J connectivity index is 1.94. The van der Waals surface area contributed by atoms with Gasteiger partial charge in [-0.3, -0.25) is 10.3 Å². The van der Waals surface area contributed by atoms with Gasteiger partial charge in [-0.2, -0.15) is 0 Å². The smallest absolute Gasteiger partial charge is 0.321 e. The lowest BCUT2D eigenvalue weighted by molar-refractivity contribution is 0.0739. The number of hydrogen-bond donors (Lipinski definition) is 3. The summed E-state index contributed by atoms with van der Waals surface area (Å²) >= 11 is 4.99. The SMILES string of the molecule is CCNC(=O)Nc1nc2cc(-c3ccc(C(C)(C)O)nc3)cc(Br)c2s1. The summed E-state index contributed by atoms with van der Waals surface area (Å²) in [6.07, 6.45) is 1.74. The van der Waals surface area contributed by atoms with Gasteiger partial charge in [0.25, 0.3) is 0 Å². The zero-order chi connectivity index (χ0) is 18.9. The maximum absolute atomic E-state index is 11.7. The van der Waals surface area contributed by atoms with Crippen LogP contribution in [0, 0.1) is 0 Å². The number of aromatic nitrogens is 2. The predicted molar refractivity (Wildman–Crippen MR) is 108 cm³/mol. The highest BCUT2D eigenvalue weighted by Crippen LogP contribution is 2.36. The van der Waals surface area contributed by atoms with Gasteiger partial charge in [-0.1, -0.05) is 17.4 Å². The van der Waals surface area contributed by atoms with E-state index in [-0.39, 0.29) is 6.03 Å². The summed E-state index contributed by atoms with van der Waals surface area (Å²) in [5, 5.41) is 16.0. The first kappa shape index (κ1) is 18.8. The van der Waals surface area contributed by atoms with Crippen LogP contribution in [-0.4, -0.2) is 27.7 Å². The molecular formula is C18H19BrN4O2S. The van der Waals surface area contributed by atoms with Crippen molar-refractivity contribution in [3.05, 3.63) is 40.6 Å². The molecule has 8 heteroatoms. The average Bonchev–Trinajstić information content (AvgIpc) is 2.97. The number of urea groups is 1. The van der Waals surface area contributed by atoms with Crippen LogP contribution in [0.4, 0.5) is 9.93 Å². The Morgan fingerprint density at radius 2 is 2.08 bits per heavy atom. The third-order valence-corrected chi connectivity index (χ3v) is 5.63. The summed E-state index contributed by atoms with van der Waals surface area (Å²) in [5.41, 5.74) is 2.31. The van der Waals surface area contributed by atoms with Crippen LogP contribution in [-0.2, 0) is 5.60 Å². The molecule has 136 valence electrons. The molecule has 2 amide bonds. The lowest BCUT2D eigenvalue weighted by Crippen LogP contribution is -2.28.